The van der Waals surface area contributed by atoms with Crippen molar-refractivity contribution in [2.24, 2.45) is 0 Å². The van der Waals surface area contributed by atoms with E-state index in [0.717, 1.165) is 27.5 Å². The number of halogens is 2. The van der Waals surface area contributed by atoms with Crippen LogP contribution in [0.4, 0.5) is 17.1 Å². The van der Waals surface area contributed by atoms with Crippen molar-refractivity contribution in [3.05, 3.63) is 86.3 Å². The van der Waals surface area contributed by atoms with Gasteiger partial charge in [0.2, 0.25) is 0 Å². The summed E-state index contributed by atoms with van der Waals surface area (Å²) >= 11 is 7.47. The van der Waals surface area contributed by atoms with Crippen LogP contribution in [-0.4, -0.2) is 0 Å². The Morgan fingerprint density at radius 1 is 0.633 bits per heavy atom. The largest absolute Gasteiger partial charge is 0.310 e. The molecule has 3 aromatic rings. The summed E-state index contributed by atoms with van der Waals surface area (Å²) in [5, 5.41) is 0. The van der Waals surface area contributed by atoms with E-state index in [1.165, 1.54) is 53.7 Å². The standard InChI is InChI=1S/C27H31Br2N/c1-4-6-8-21-10-14-23(15-11-21)30(25-18-26(28)20(3)27(29)19-25)24-16-12-22(13-17-24)9-7-5-2/h10-19H,4-9H2,1-3H3. The molecule has 3 rings (SSSR count). The lowest BCUT2D eigenvalue weighted by Gasteiger charge is -2.27. The van der Waals surface area contributed by atoms with Crippen LogP contribution in [0.25, 0.3) is 0 Å². The Bertz CT molecular complexity index is 871. The van der Waals surface area contributed by atoms with Gasteiger partial charge < -0.3 is 4.90 Å². The van der Waals surface area contributed by atoms with Gasteiger partial charge in [0.25, 0.3) is 0 Å². The molecule has 0 spiro atoms. The third-order valence-corrected chi connectivity index (χ3v) is 7.20. The number of nitrogens with zero attached hydrogens (tertiary/aromatic N) is 1. The van der Waals surface area contributed by atoms with Crippen LogP contribution in [0.1, 0.15) is 56.2 Å². The van der Waals surface area contributed by atoms with Crippen LogP contribution in [0, 0.1) is 6.92 Å². The van der Waals surface area contributed by atoms with Crippen molar-refractivity contribution in [3.63, 3.8) is 0 Å². The van der Waals surface area contributed by atoms with Crippen LogP contribution in [0.5, 0.6) is 0 Å². The van der Waals surface area contributed by atoms with Gasteiger partial charge in [-0.2, -0.15) is 0 Å². The number of hydrogen-bond donors (Lipinski definition) is 0. The van der Waals surface area contributed by atoms with Crippen molar-refractivity contribution in [2.75, 3.05) is 4.90 Å². The van der Waals surface area contributed by atoms with Gasteiger partial charge in [-0.15, -0.1) is 0 Å². The molecule has 158 valence electrons. The third kappa shape index (κ3) is 5.76. The molecular weight excluding hydrogens is 498 g/mol. The monoisotopic (exact) mass is 527 g/mol. The second-order valence-electron chi connectivity index (χ2n) is 7.91. The van der Waals surface area contributed by atoms with Crippen LogP contribution in [-0.2, 0) is 12.8 Å². The minimum absolute atomic E-state index is 1.11. The molecule has 0 aliphatic carbocycles. The number of hydrogen-bond acceptors (Lipinski definition) is 1. The van der Waals surface area contributed by atoms with Crippen molar-refractivity contribution < 1.29 is 0 Å². The average Bonchev–Trinajstić information content (AvgIpc) is 2.76. The SMILES string of the molecule is CCCCc1ccc(N(c2ccc(CCCC)cc2)c2cc(Br)c(C)c(Br)c2)cc1. The lowest BCUT2D eigenvalue weighted by molar-refractivity contribution is 0.795. The van der Waals surface area contributed by atoms with Crippen molar-refractivity contribution in [1.29, 1.82) is 0 Å². The summed E-state index contributed by atoms with van der Waals surface area (Å²) in [4.78, 5) is 2.34. The summed E-state index contributed by atoms with van der Waals surface area (Å²) < 4.78 is 2.21. The van der Waals surface area contributed by atoms with Gasteiger partial charge in [0.05, 0.1) is 0 Å². The summed E-state index contributed by atoms with van der Waals surface area (Å²) in [5.41, 5.74) is 7.52. The van der Waals surface area contributed by atoms with Gasteiger partial charge in [-0.1, -0.05) is 82.8 Å². The zero-order chi connectivity index (χ0) is 21.5. The number of benzene rings is 3. The molecule has 0 amide bonds. The number of unbranched alkanes of at least 4 members (excludes halogenated alkanes) is 2. The molecule has 0 aliphatic heterocycles. The summed E-state index contributed by atoms with van der Waals surface area (Å²) in [5.74, 6) is 0. The van der Waals surface area contributed by atoms with Crippen molar-refractivity contribution in [3.8, 4) is 0 Å². The molecule has 3 aromatic carbocycles. The molecule has 0 saturated carbocycles. The Kier molecular flexibility index (Phi) is 8.59. The third-order valence-electron chi connectivity index (χ3n) is 5.55. The molecule has 1 nitrogen and oxygen atoms in total. The first-order chi connectivity index (χ1) is 14.5. The molecule has 0 N–H and O–H groups in total. The Labute approximate surface area is 198 Å². The maximum atomic E-state index is 3.73. The summed E-state index contributed by atoms with van der Waals surface area (Å²) in [6.07, 6.45) is 7.21. The van der Waals surface area contributed by atoms with Gasteiger partial charge >= 0.3 is 0 Å². The highest BCUT2D eigenvalue weighted by Crippen LogP contribution is 2.39. The number of rotatable bonds is 9. The fourth-order valence-electron chi connectivity index (χ4n) is 3.59. The van der Waals surface area contributed by atoms with Gasteiger partial charge in [0.15, 0.2) is 0 Å². The summed E-state index contributed by atoms with van der Waals surface area (Å²) in [6, 6.07) is 22.5. The van der Waals surface area contributed by atoms with E-state index in [0.29, 0.717) is 0 Å². The molecule has 0 fully saturated rings. The van der Waals surface area contributed by atoms with Crippen molar-refractivity contribution in [1.82, 2.24) is 0 Å². The van der Waals surface area contributed by atoms with Crippen LogP contribution >= 0.6 is 31.9 Å². The van der Waals surface area contributed by atoms with Gasteiger partial charge in [-0.3, -0.25) is 0 Å². The molecule has 0 aliphatic rings. The van der Waals surface area contributed by atoms with Crippen LogP contribution in [0.3, 0.4) is 0 Å². The molecule has 0 aromatic heterocycles. The van der Waals surface area contributed by atoms with E-state index < -0.39 is 0 Å². The fraction of sp³-hybridized carbons (Fsp3) is 0.333. The van der Waals surface area contributed by atoms with E-state index in [4.69, 9.17) is 0 Å². The predicted molar refractivity (Wildman–Crippen MR) is 138 cm³/mol. The maximum Gasteiger partial charge on any atom is 0.0484 e. The molecular formula is C27H31Br2N. The first-order valence-corrected chi connectivity index (χ1v) is 12.6. The predicted octanol–water partition coefficient (Wildman–Crippen LogP) is 9.68. The molecule has 0 radical (unpaired) electrons. The summed E-state index contributed by atoms with van der Waals surface area (Å²) in [7, 11) is 0. The minimum atomic E-state index is 1.11. The molecule has 0 unspecified atom stereocenters. The lowest BCUT2D eigenvalue weighted by Crippen LogP contribution is -2.10. The Balaban J connectivity index is 2.01. The molecule has 0 atom stereocenters. The van der Waals surface area contributed by atoms with E-state index in [2.05, 4.69) is 118 Å². The topological polar surface area (TPSA) is 3.24 Å². The first-order valence-electron chi connectivity index (χ1n) is 11.0. The average molecular weight is 529 g/mol. The Morgan fingerprint density at radius 2 is 1.03 bits per heavy atom. The highest BCUT2D eigenvalue weighted by Gasteiger charge is 2.15. The second-order valence-corrected chi connectivity index (χ2v) is 9.62. The van der Waals surface area contributed by atoms with E-state index in [1.54, 1.807) is 0 Å². The fourth-order valence-corrected chi connectivity index (χ4v) is 4.76. The highest BCUT2D eigenvalue weighted by molar-refractivity contribution is 9.11. The zero-order valence-corrected chi connectivity index (χ0v) is 21.4. The van der Waals surface area contributed by atoms with Crippen LogP contribution in [0.2, 0.25) is 0 Å². The maximum absolute atomic E-state index is 3.73. The van der Waals surface area contributed by atoms with Crippen LogP contribution in [0.15, 0.2) is 69.6 Å². The quantitative estimate of drug-likeness (QED) is 0.267. The van der Waals surface area contributed by atoms with E-state index >= 15 is 0 Å². The number of aryl methyl sites for hydroxylation is 2. The Morgan fingerprint density at radius 3 is 1.40 bits per heavy atom. The lowest BCUT2D eigenvalue weighted by atomic mass is 10.1. The molecule has 0 saturated heterocycles. The Hall–Kier alpha value is -1.58. The van der Waals surface area contributed by atoms with Gasteiger partial charge in [-0.25, -0.2) is 0 Å². The van der Waals surface area contributed by atoms with Gasteiger partial charge in [0, 0.05) is 26.0 Å². The van der Waals surface area contributed by atoms with Gasteiger partial charge in [0.1, 0.15) is 0 Å². The second kappa shape index (κ2) is 11.2. The molecule has 0 heterocycles. The number of anilines is 3. The van der Waals surface area contributed by atoms with E-state index in [-0.39, 0.29) is 0 Å². The first kappa shape index (κ1) is 23.1. The highest BCUT2D eigenvalue weighted by atomic mass is 79.9. The van der Waals surface area contributed by atoms with E-state index in [1.807, 2.05) is 0 Å². The zero-order valence-electron chi connectivity index (χ0n) is 18.2. The normalized spacial score (nSPS) is 11.0. The molecule has 30 heavy (non-hydrogen) atoms. The van der Waals surface area contributed by atoms with Crippen LogP contribution < -0.4 is 4.90 Å². The minimum Gasteiger partial charge on any atom is -0.310 e. The van der Waals surface area contributed by atoms with Crippen molar-refractivity contribution in [2.45, 2.75) is 59.3 Å². The summed E-state index contributed by atoms with van der Waals surface area (Å²) in [6.45, 7) is 6.61. The molecule has 0 bridgehead atoms. The molecule has 3 heteroatoms. The van der Waals surface area contributed by atoms with Gasteiger partial charge in [-0.05, 0) is 85.7 Å². The van der Waals surface area contributed by atoms with E-state index in [9.17, 15) is 0 Å². The smallest absolute Gasteiger partial charge is 0.0484 e. The van der Waals surface area contributed by atoms with Crippen molar-refractivity contribution >= 4 is 48.9 Å².